The molecular formula is C18H15Br2N3O. The summed E-state index contributed by atoms with van der Waals surface area (Å²) in [6, 6.07) is 15.6. The number of benzene rings is 2. The van der Waals surface area contributed by atoms with E-state index in [2.05, 4.69) is 42.3 Å². The molecule has 0 fully saturated rings. The van der Waals surface area contributed by atoms with Crippen molar-refractivity contribution in [3.8, 4) is 5.69 Å². The van der Waals surface area contributed by atoms with Gasteiger partial charge in [-0.05, 0) is 58.2 Å². The maximum Gasteiger partial charge on any atom is 0.224 e. The Kier molecular flexibility index (Phi) is 5.48. The number of rotatable bonds is 5. The average Bonchev–Trinajstić information content (AvgIpc) is 3.06. The lowest BCUT2D eigenvalue weighted by Crippen LogP contribution is -2.12. The van der Waals surface area contributed by atoms with Crippen LogP contribution in [0.5, 0.6) is 0 Å². The van der Waals surface area contributed by atoms with Crippen LogP contribution in [0.25, 0.3) is 5.69 Å². The average molecular weight is 449 g/mol. The first-order valence-electron chi connectivity index (χ1n) is 7.46. The molecule has 0 saturated carbocycles. The minimum absolute atomic E-state index is 0.0266. The maximum atomic E-state index is 12.2. The Morgan fingerprint density at radius 2 is 1.92 bits per heavy atom. The van der Waals surface area contributed by atoms with E-state index in [-0.39, 0.29) is 5.91 Å². The molecule has 1 amide bonds. The fourth-order valence-corrected chi connectivity index (χ4v) is 2.98. The highest BCUT2D eigenvalue weighted by molar-refractivity contribution is 9.11. The van der Waals surface area contributed by atoms with E-state index in [0.29, 0.717) is 12.8 Å². The zero-order valence-corrected chi connectivity index (χ0v) is 15.9. The number of amides is 1. The van der Waals surface area contributed by atoms with Crippen molar-refractivity contribution in [2.45, 2.75) is 12.8 Å². The predicted octanol–water partition coefficient (Wildman–Crippen LogP) is 4.97. The van der Waals surface area contributed by atoms with Gasteiger partial charge in [0.05, 0.1) is 17.6 Å². The van der Waals surface area contributed by atoms with Gasteiger partial charge in [-0.2, -0.15) is 5.10 Å². The van der Waals surface area contributed by atoms with Crippen LogP contribution in [0.3, 0.4) is 0 Å². The Labute approximate surface area is 157 Å². The second kappa shape index (κ2) is 7.77. The van der Waals surface area contributed by atoms with E-state index in [0.717, 1.165) is 25.9 Å². The summed E-state index contributed by atoms with van der Waals surface area (Å²) in [5.74, 6) is -0.0266. The number of aromatic nitrogens is 2. The third kappa shape index (κ3) is 4.33. The summed E-state index contributed by atoms with van der Waals surface area (Å²) >= 11 is 6.84. The number of hydrogen-bond acceptors (Lipinski definition) is 2. The first-order valence-corrected chi connectivity index (χ1v) is 9.04. The second-order valence-corrected chi connectivity index (χ2v) is 7.07. The van der Waals surface area contributed by atoms with Gasteiger partial charge in [0.25, 0.3) is 0 Å². The van der Waals surface area contributed by atoms with E-state index in [4.69, 9.17) is 0 Å². The Morgan fingerprint density at radius 3 is 2.71 bits per heavy atom. The van der Waals surface area contributed by atoms with Crippen LogP contribution in [0, 0.1) is 0 Å². The van der Waals surface area contributed by atoms with Crippen LogP contribution in [0.2, 0.25) is 0 Å². The molecule has 24 heavy (non-hydrogen) atoms. The molecule has 0 aliphatic heterocycles. The van der Waals surface area contributed by atoms with Gasteiger partial charge in [-0.3, -0.25) is 4.79 Å². The fraction of sp³-hybridized carbons (Fsp3) is 0.111. The minimum Gasteiger partial charge on any atom is -0.325 e. The van der Waals surface area contributed by atoms with Crippen molar-refractivity contribution in [1.29, 1.82) is 0 Å². The van der Waals surface area contributed by atoms with Gasteiger partial charge in [-0.15, -0.1) is 0 Å². The number of carbonyl (C=O) groups excluding carboxylic acids is 1. The minimum atomic E-state index is -0.0266. The van der Waals surface area contributed by atoms with E-state index >= 15 is 0 Å². The van der Waals surface area contributed by atoms with Crippen molar-refractivity contribution in [1.82, 2.24) is 9.78 Å². The summed E-state index contributed by atoms with van der Waals surface area (Å²) in [6.07, 6.45) is 4.80. The molecule has 0 spiro atoms. The van der Waals surface area contributed by atoms with Gasteiger partial charge in [-0.1, -0.05) is 34.1 Å². The van der Waals surface area contributed by atoms with Crippen LogP contribution < -0.4 is 5.32 Å². The van der Waals surface area contributed by atoms with E-state index in [9.17, 15) is 4.79 Å². The van der Waals surface area contributed by atoms with E-state index in [1.54, 1.807) is 6.20 Å². The van der Waals surface area contributed by atoms with Crippen molar-refractivity contribution in [2.75, 3.05) is 5.32 Å². The zero-order valence-electron chi connectivity index (χ0n) is 12.7. The first kappa shape index (κ1) is 16.9. The molecule has 1 aromatic heterocycles. The second-order valence-electron chi connectivity index (χ2n) is 5.30. The van der Waals surface area contributed by atoms with Gasteiger partial charge < -0.3 is 5.32 Å². The lowest BCUT2D eigenvalue weighted by Gasteiger charge is -2.07. The molecule has 6 heteroatoms. The number of halogens is 2. The molecule has 0 saturated heterocycles. The summed E-state index contributed by atoms with van der Waals surface area (Å²) in [7, 11) is 0. The largest absolute Gasteiger partial charge is 0.325 e. The molecule has 3 aromatic rings. The SMILES string of the molecule is O=C(CCc1cnn(-c2ccccc2)c1)Nc1cc(Br)ccc1Br. The zero-order chi connectivity index (χ0) is 16.9. The molecule has 1 heterocycles. The number of hydrogen-bond donors (Lipinski definition) is 1. The quantitative estimate of drug-likeness (QED) is 0.598. The lowest BCUT2D eigenvalue weighted by atomic mass is 10.2. The molecule has 0 atom stereocenters. The molecule has 0 bridgehead atoms. The molecule has 0 aliphatic rings. The molecule has 0 aliphatic carbocycles. The molecule has 0 radical (unpaired) electrons. The summed E-state index contributed by atoms with van der Waals surface area (Å²) in [5, 5.41) is 7.26. The van der Waals surface area contributed by atoms with Gasteiger partial charge >= 0.3 is 0 Å². The van der Waals surface area contributed by atoms with Crippen molar-refractivity contribution in [2.24, 2.45) is 0 Å². The molecule has 3 rings (SSSR count). The van der Waals surface area contributed by atoms with Gasteiger partial charge in [0.15, 0.2) is 0 Å². The number of nitrogens with zero attached hydrogens (tertiary/aromatic N) is 2. The standard InChI is InChI=1S/C18H15Br2N3O/c19-14-7-8-16(20)17(10-14)22-18(24)9-6-13-11-21-23(12-13)15-4-2-1-3-5-15/h1-5,7-8,10-12H,6,9H2,(H,22,24). The summed E-state index contributed by atoms with van der Waals surface area (Å²) in [5.41, 5.74) is 2.79. The van der Waals surface area contributed by atoms with E-state index < -0.39 is 0 Å². The van der Waals surface area contributed by atoms with Crippen molar-refractivity contribution in [3.05, 3.63) is 75.4 Å². The van der Waals surface area contributed by atoms with Crippen molar-refractivity contribution in [3.63, 3.8) is 0 Å². The molecular weight excluding hydrogens is 434 g/mol. The van der Waals surface area contributed by atoms with Gasteiger partial charge in [-0.25, -0.2) is 4.68 Å². The molecule has 122 valence electrons. The molecule has 1 N–H and O–H groups in total. The first-order chi connectivity index (χ1) is 11.6. The molecule has 0 unspecified atom stereocenters. The van der Waals surface area contributed by atoms with Gasteiger partial charge in [0.1, 0.15) is 0 Å². The smallest absolute Gasteiger partial charge is 0.224 e. The number of aryl methyl sites for hydroxylation is 1. The Hall–Kier alpha value is -1.92. The third-order valence-corrected chi connectivity index (χ3v) is 4.68. The Bertz CT molecular complexity index is 846. The number of carbonyl (C=O) groups is 1. The normalized spacial score (nSPS) is 10.6. The van der Waals surface area contributed by atoms with Crippen LogP contribution in [-0.2, 0) is 11.2 Å². The monoisotopic (exact) mass is 447 g/mol. The topological polar surface area (TPSA) is 46.9 Å². The predicted molar refractivity (Wildman–Crippen MR) is 102 cm³/mol. The number of nitrogens with one attached hydrogen (secondary N) is 1. The Balaban J connectivity index is 1.59. The highest BCUT2D eigenvalue weighted by atomic mass is 79.9. The summed E-state index contributed by atoms with van der Waals surface area (Å²) in [6.45, 7) is 0. The Morgan fingerprint density at radius 1 is 1.12 bits per heavy atom. The van der Waals surface area contributed by atoms with Crippen LogP contribution >= 0.6 is 31.9 Å². The van der Waals surface area contributed by atoms with E-state index in [1.165, 1.54) is 0 Å². The third-order valence-electron chi connectivity index (χ3n) is 3.50. The van der Waals surface area contributed by atoms with Crippen LogP contribution in [0.1, 0.15) is 12.0 Å². The molecule has 4 nitrogen and oxygen atoms in total. The van der Waals surface area contributed by atoms with Gasteiger partial charge in [0.2, 0.25) is 5.91 Å². The number of anilines is 1. The number of para-hydroxylation sites is 1. The fourth-order valence-electron chi connectivity index (χ4n) is 2.27. The van der Waals surface area contributed by atoms with Crippen LogP contribution in [0.4, 0.5) is 5.69 Å². The van der Waals surface area contributed by atoms with Crippen LogP contribution in [0.15, 0.2) is 69.9 Å². The maximum absolute atomic E-state index is 12.2. The summed E-state index contributed by atoms with van der Waals surface area (Å²) < 4.78 is 3.60. The van der Waals surface area contributed by atoms with Gasteiger partial charge in [0, 0.05) is 21.6 Å². The summed E-state index contributed by atoms with van der Waals surface area (Å²) in [4.78, 5) is 12.2. The molecule has 2 aromatic carbocycles. The lowest BCUT2D eigenvalue weighted by molar-refractivity contribution is -0.116. The van der Waals surface area contributed by atoms with E-state index in [1.807, 2.05) is 59.4 Å². The highest BCUT2D eigenvalue weighted by Gasteiger charge is 2.08. The van der Waals surface area contributed by atoms with Crippen molar-refractivity contribution < 1.29 is 4.79 Å². The van der Waals surface area contributed by atoms with Crippen LogP contribution in [-0.4, -0.2) is 15.7 Å². The highest BCUT2D eigenvalue weighted by Crippen LogP contribution is 2.26. The van der Waals surface area contributed by atoms with Crippen molar-refractivity contribution >= 4 is 43.5 Å².